The molecule has 120 valence electrons. The van der Waals surface area contributed by atoms with Gasteiger partial charge in [0.1, 0.15) is 5.54 Å². The van der Waals surface area contributed by atoms with Crippen molar-refractivity contribution in [2.24, 2.45) is 0 Å². The predicted molar refractivity (Wildman–Crippen MR) is 87.2 cm³/mol. The maximum absolute atomic E-state index is 9.48. The van der Waals surface area contributed by atoms with E-state index < -0.39 is 5.54 Å². The van der Waals surface area contributed by atoms with Crippen molar-refractivity contribution < 1.29 is 0 Å². The van der Waals surface area contributed by atoms with Crippen LogP contribution in [0.25, 0.3) is 0 Å². The van der Waals surface area contributed by atoms with Crippen molar-refractivity contribution in [1.82, 2.24) is 15.1 Å². The van der Waals surface area contributed by atoms with Gasteiger partial charge in [-0.15, -0.1) is 0 Å². The van der Waals surface area contributed by atoms with E-state index >= 15 is 0 Å². The summed E-state index contributed by atoms with van der Waals surface area (Å²) in [6.45, 7) is 13.3. The number of piperazine rings is 1. The van der Waals surface area contributed by atoms with Gasteiger partial charge in [0.25, 0.3) is 0 Å². The van der Waals surface area contributed by atoms with Gasteiger partial charge >= 0.3 is 0 Å². The minimum atomic E-state index is -0.405. The second-order valence-corrected chi connectivity index (χ2v) is 7.22. The van der Waals surface area contributed by atoms with E-state index in [1.54, 1.807) is 0 Å². The van der Waals surface area contributed by atoms with E-state index in [1.807, 2.05) is 6.92 Å². The van der Waals surface area contributed by atoms with E-state index in [2.05, 4.69) is 42.0 Å². The Morgan fingerprint density at radius 2 is 2.14 bits per heavy atom. The highest BCUT2D eigenvalue weighted by molar-refractivity contribution is 5.06. The van der Waals surface area contributed by atoms with Crippen LogP contribution in [0.1, 0.15) is 53.4 Å². The third kappa shape index (κ3) is 3.97. The molecule has 0 aromatic rings. The van der Waals surface area contributed by atoms with Gasteiger partial charge in [0, 0.05) is 31.2 Å². The average Bonchev–Trinajstić information content (AvgIpc) is 2.46. The van der Waals surface area contributed by atoms with Gasteiger partial charge in [0.05, 0.1) is 6.07 Å². The fourth-order valence-electron chi connectivity index (χ4n) is 4.24. The first-order valence-electron chi connectivity index (χ1n) is 8.65. The Morgan fingerprint density at radius 3 is 2.81 bits per heavy atom. The lowest BCUT2D eigenvalue weighted by Gasteiger charge is -2.50. The zero-order valence-corrected chi connectivity index (χ0v) is 14.2. The van der Waals surface area contributed by atoms with Crippen molar-refractivity contribution >= 4 is 0 Å². The van der Waals surface area contributed by atoms with E-state index in [9.17, 15) is 5.26 Å². The standard InChI is InChI=1S/C17H32N4/c1-5-19-17(4,13-18)10-14(2)21-12-16-8-6-7-9-20(16)11-15(21)3/h14-16,19H,5-12H2,1-4H3. The van der Waals surface area contributed by atoms with Gasteiger partial charge in [-0.3, -0.25) is 15.1 Å². The third-order valence-electron chi connectivity index (χ3n) is 5.32. The maximum atomic E-state index is 9.48. The summed E-state index contributed by atoms with van der Waals surface area (Å²) < 4.78 is 0. The lowest BCUT2D eigenvalue weighted by molar-refractivity contribution is -0.00901. The molecule has 2 aliphatic heterocycles. The van der Waals surface area contributed by atoms with Crippen LogP contribution in [-0.2, 0) is 0 Å². The Kier molecular flexibility index (Phi) is 5.65. The number of nitrogens with zero attached hydrogens (tertiary/aromatic N) is 3. The molecular weight excluding hydrogens is 260 g/mol. The van der Waals surface area contributed by atoms with Crippen LogP contribution < -0.4 is 5.32 Å². The van der Waals surface area contributed by atoms with Crippen LogP contribution in [0.4, 0.5) is 0 Å². The van der Waals surface area contributed by atoms with Crippen molar-refractivity contribution in [1.29, 1.82) is 5.26 Å². The molecule has 2 saturated heterocycles. The summed E-state index contributed by atoms with van der Waals surface area (Å²) in [5.74, 6) is 0. The topological polar surface area (TPSA) is 42.3 Å². The van der Waals surface area contributed by atoms with E-state index in [-0.39, 0.29) is 0 Å². The summed E-state index contributed by atoms with van der Waals surface area (Å²) >= 11 is 0. The van der Waals surface area contributed by atoms with Gasteiger partial charge in [-0.25, -0.2) is 0 Å². The van der Waals surface area contributed by atoms with Crippen molar-refractivity contribution in [2.45, 2.75) is 77.0 Å². The van der Waals surface area contributed by atoms with Gasteiger partial charge in [0.2, 0.25) is 0 Å². The van der Waals surface area contributed by atoms with E-state index in [1.165, 1.54) is 38.9 Å². The summed E-state index contributed by atoms with van der Waals surface area (Å²) in [5.41, 5.74) is -0.405. The minimum Gasteiger partial charge on any atom is -0.300 e. The summed E-state index contributed by atoms with van der Waals surface area (Å²) in [5, 5.41) is 12.8. The fraction of sp³-hybridized carbons (Fsp3) is 0.941. The first-order valence-corrected chi connectivity index (χ1v) is 8.65. The van der Waals surface area contributed by atoms with Gasteiger partial charge in [-0.2, -0.15) is 5.26 Å². The van der Waals surface area contributed by atoms with Crippen LogP contribution in [0.5, 0.6) is 0 Å². The lowest BCUT2D eigenvalue weighted by atomic mass is 9.91. The Labute approximate surface area is 130 Å². The van der Waals surface area contributed by atoms with E-state index in [0.29, 0.717) is 12.1 Å². The molecule has 4 atom stereocenters. The number of hydrogen-bond donors (Lipinski definition) is 1. The van der Waals surface area contributed by atoms with Crippen molar-refractivity contribution in [3.63, 3.8) is 0 Å². The van der Waals surface area contributed by atoms with Crippen LogP contribution in [0.3, 0.4) is 0 Å². The largest absolute Gasteiger partial charge is 0.300 e. The van der Waals surface area contributed by atoms with Crippen LogP contribution in [-0.4, -0.2) is 59.6 Å². The SMILES string of the molecule is CCNC(C)(C#N)CC(C)N1CC2CCCCN2CC1C. The molecule has 0 spiro atoms. The number of fused-ring (bicyclic) bond motifs is 1. The summed E-state index contributed by atoms with van der Waals surface area (Å²) in [6, 6.07) is 4.26. The number of nitrogens with one attached hydrogen (secondary N) is 1. The van der Waals surface area contributed by atoms with Gasteiger partial charge < -0.3 is 0 Å². The first-order chi connectivity index (χ1) is 9.99. The molecule has 0 aromatic heterocycles. The molecule has 4 unspecified atom stereocenters. The summed E-state index contributed by atoms with van der Waals surface area (Å²) in [6.07, 6.45) is 4.99. The predicted octanol–water partition coefficient (Wildman–Crippen LogP) is 2.22. The Balaban J connectivity index is 1.98. The molecule has 0 saturated carbocycles. The molecule has 2 fully saturated rings. The Bertz CT molecular complexity index is 377. The van der Waals surface area contributed by atoms with Gasteiger partial charge in [-0.1, -0.05) is 13.3 Å². The quantitative estimate of drug-likeness (QED) is 0.843. The molecule has 4 nitrogen and oxygen atoms in total. The molecule has 21 heavy (non-hydrogen) atoms. The molecule has 1 N–H and O–H groups in total. The smallest absolute Gasteiger partial charge is 0.105 e. The molecule has 2 rings (SSSR count). The van der Waals surface area contributed by atoms with Gasteiger partial charge in [0.15, 0.2) is 0 Å². The van der Waals surface area contributed by atoms with Crippen LogP contribution >= 0.6 is 0 Å². The van der Waals surface area contributed by atoms with Crippen LogP contribution in [0.2, 0.25) is 0 Å². The zero-order chi connectivity index (χ0) is 15.5. The highest BCUT2D eigenvalue weighted by atomic mass is 15.3. The maximum Gasteiger partial charge on any atom is 0.105 e. The number of hydrogen-bond acceptors (Lipinski definition) is 4. The Hall–Kier alpha value is -0.630. The first kappa shape index (κ1) is 16.7. The second-order valence-electron chi connectivity index (χ2n) is 7.22. The van der Waals surface area contributed by atoms with Crippen molar-refractivity contribution in [3.05, 3.63) is 0 Å². The lowest BCUT2D eigenvalue weighted by Crippen LogP contribution is -2.61. The molecule has 2 aliphatic rings. The minimum absolute atomic E-state index is 0.405. The van der Waals surface area contributed by atoms with E-state index in [0.717, 1.165) is 19.0 Å². The number of piperidine rings is 1. The monoisotopic (exact) mass is 292 g/mol. The van der Waals surface area contributed by atoms with Gasteiger partial charge in [-0.05, 0) is 53.1 Å². The Morgan fingerprint density at radius 1 is 1.38 bits per heavy atom. The fourth-order valence-corrected chi connectivity index (χ4v) is 4.24. The van der Waals surface area contributed by atoms with Crippen LogP contribution in [0, 0.1) is 11.3 Å². The molecule has 0 aliphatic carbocycles. The number of rotatable bonds is 5. The van der Waals surface area contributed by atoms with Crippen LogP contribution in [0.15, 0.2) is 0 Å². The average molecular weight is 292 g/mol. The third-order valence-corrected chi connectivity index (χ3v) is 5.32. The molecule has 0 radical (unpaired) electrons. The molecule has 2 heterocycles. The highest BCUT2D eigenvalue weighted by Gasteiger charge is 2.37. The highest BCUT2D eigenvalue weighted by Crippen LogP contribution is 2.27. The molecule has 0 aromatic carbocycles. The zero-order valence-electron chi connectivity index (χ0n) is 14.2. The summed E-state index contributed by atoms with van der Waals surface area (Å²) in [4.78, 5) is 5.32. The van der Waals surface area contributed by atoms with Crippen molar-refractivity contribution in [3.8, 4) is 6.07 Å². The van der Waals surface area contributed by atoms with Crippen molar-refractivity contribution in [2.75, 3.05) is 26.2 Å². The molecule has 4 heteroatoms. The van der Waals surface area contributed by atoms with E-state index in [4.69, 9.17) is 0 Å². The number of nitriles is 1. The molecule has 0 bridgehead atoms. The normalized spacial score (nSPS) is 32.0. The second kappa shape index (κ2) is 7.09. The molecular formula is C17H32N4. The molecule has 0 amide bonds. The summed E-state index contributed by atoms with van der Waals surface area (Å²) in [7, 11) is 0.